The molecule has 0 aliphatic carbocycles. The lowest BCUT2D eigenvalue weighted by molar-refractivity contribution is 0.487. The van der Waals surface area contributed by atoms with Crippen molar-refractivity contribution in [3.8, 4) is 6.07 Å². The van der Waals surface area contributed by atoms with Crippen LogP contribution in [0, 0.1) is 11.3 Å². The highest BCUT2D eigenvalue weighted by atomic mass is 15.4. The monoisotopic (exact) mass is 155 g/mol. The number of nitrogens with zero attached hydrogens (tertiary/aromatic N) is 1. The zero-order valence-electron chi connectivity index (χ0n) is 7.35. The van der Waals surface area contributed by atoms with Gasteiger partial charge in [0.25, 0.3) is 0 Å². The summed E-state index contributed by atoms with van der Waals surface area (Å²) in [6.07, 6.45) is 3.65. The molecule has 0 bridgehead atoms. The molecule has 1 unspecified atom stereocenters. The van der Waals surface area contributed by atoms with Gasteiger partial charge in [-0.15, -0.1) is 0 Å². The Bertz CT molecular complexity index is 117. The number of nitrogens with one attached hydrogen (secondary N) is 2. The number of unbranched alkanes of at least 4 members (excludes halogenated alkanes) is 2. The lowest BCUT2D eigenvalue weighted by Crippen LogP contribution is -2.38. The Hall–Kier alpha value is -0.590. The lowest BCUT2D eigenvalue weighted by atomic mass is 10.2. The fourth-order valence-electron chi connectivity index (χ4n) is 0.721. The van der Waals surface area contributed by atoms with Gasteiger partial charge in [0.2, 0.25) is 0 Å². The van der Waals surface area contributed by atoms with Crippen molar-refractivity contribution in [2.24, 2.45) is 0 Å². The highest BCUT2D eigenvalue weighted by Crippen LogP contribution is 1.90. The largest absolute Gasteiger partial charge is 0.257 e. The van der Waals surface area contributed by atoms with Gasteiger partial charge in [0.05, 0.1) is 6.07 Å². The number of nitriles is 1. The number of hydrazine groups is 1. The van der Waals surface area contributed by atoms with Crippen LogP contribution in [-0.2, 0) is 0 Å². The molecule has 11 heavy (non-hydrogen) atoms. The van der Waals surface area contributed by atoms with E-state index in [0.717, 1.165) is 6.54 Å². The SMILES string of the molecule is CCCCCNNC(C)C#N. The average molecular weight is 155 g/mol. The average Bonchev–Trinajstić information content (AvgIpc) is 2.04. The second-order valence-electron chi connectivity index (χ2n) is 2.63. The second kappa shape index (κ2) is 7.52. The summed E-state index contributed by atoms with van der Waals surface area (Å²) in [6.45, 7) is 4.94. The third-order valence-corrected chi connectivity index (χ3v) is 1.42. The summed E-state index contributed by atoms with van der Waals surface area (Å²) >= 11 is 0. The molecule has 64 valence electrons. The summed E-state index contributed by atoms with van der Waals surface area (Å²) in [4.78, 5) is 0. The maximum absolute atomic E-state index is 8.38. The topological polar surface area (TPSA) is 47.8 Å². The molecule has 0 saturated carbocycles. The van der Waals surface area contributed by atoms with Gasteiger partial charge in [-0.25, -0.2) is 5.43 Å². The fraction of sp³-hybridized carbons (Fsp3) is 0.875. The molecule has 0 spiro atoms. The molecule has 0 rings (SSSR count). The van der Waals surface area contributed by atoms with Crippen LogP contribution in [0.4, 0.5) is 0 Å². The molecular formula is C8H17N3. The zero-order valence-corrected chi connectivity index (χ0v) is 7.35. The van der Waals surface area contributed by atoms with Gasteiger partial charge in [-0.2, -0.15) is 5.26 Å². The molecular weight excluding hydrogens is 138 g/mol. The first-order valence-corrected chi connectivity index (χ1v) is 4.19. The van der Waals surface area contributed by atoms with Gasteiger partial charge < -0.3 is 0 Å². The molecule has 0 aromatic rings. The maximum atomic E-state index is 8.38. The first-order valence-electron chi connectivity index (χ1n) is 4.19. The van der Waals surface area contributed by atoms with Crippen molar-refractivity contribution >= 4 is 0 Å². The smallest absolute Gasteiger partial charge is 0.105 e. The number of rotatable bonds is 6. The standard InChI is InChI=1S/C8H17N3/c1-3-4-5-6-10-11-8(2)7-9/h8,10-11H,3-6H2,1-2H3. The van der Waals surface area contributed by atoms with Crippen LogP contribution in [0.15, 0.2) is 0 Å². The lowest BCUT2D eigenvalue weighted by Gasteiger charge is -2.06. The first kappa shape index (κ1) is 10.4. The van der Waals surface area contributed by atoms with E-state index in [9.17, 15) is 0 Å². The minimum atomic E-state index is -0.100. The van der Waals surface area contributed by atoms with Crippen LogP contribution in [0.2, 0.25) is 0 Å². The van der Waals surface area contributed by atoms with Crippen LogP contribution in [0.5, 0.6) is 0 Å². The highest BCUT2D eigenvalue weighted by Gasteiger charge is 1.94. The summed E-state index contributed by atoms with van der Waals surface area (Å²) in [7, 11) is 0. The van der Waals surface area contributed by atoms with E-state index in [1.165, 1.54) is 19.3 Å². The van der Waals surface area contributed by atoms with E-state index >= 15 is 0 Å². The summed E-state index contributed by atoms with van der Waals surface area (Å²) in [6, 6.07) is 1.98. The second-order valence-corrected chi connectivity index (χ2v) is 2.63. The Labute approximate surface area is 68.8 Å². The van der Waals surface area contributed by atoms with Crippen LogP contribution >= 0.6 is 0 Å². The van der Waals surface area contributed by atoms with Crippen molar-refractivity contribution in [3.63, 3.8) is 0 Å². The van der Waals surface area contributed by atoms with Gasteiger partial charge in [-0.1, -0.05) is 19.8 Å². The molecule has 0 fully saturated rings. The first-order chi connectivity index (χ1) is 5.31. The minimum Gasteiger partial charge on any atom is -0.257 e. The number of hydrogen-bond donors (Lipinski definition) is 2. The molecule has 0 aromatic heterocycles. The molecule has 1 atom stereocenters. The van der Waals surface area contributed by atoms with Crippen molar-refractivity contribution in [2.45, 2.75) is 39.2 Å². The molecule has 0 radical (unpaired) electrons. The highest BCUT2D eigenvalue weighted by molar-refractivity contribution is 4.83. The molecule has 0 heterocycles. The number of hydrogen-bond acceptors (Lipinski definition) is 3. The Balaban J connectivity index is 2.97. The molecule has 0 amide bonds. The van der Waals surface area contributed by atoms with Gasteiger partial charge in [0.15, 0.2) is 0 Å². The van der Waals surface area contributed by atoms with Crippen LogP contribution in [-0.4, -0.2) is 12.6 Å². The van der Waals surface area contributed by atoms with Crippen LogP contribution in [0.3, 0.4) is 0 Å². The summed E-state index contributed by atoms with van der Waals surface area (Å²) in [5.74, 6) is 0. The van der Waals surface area contributed by atoms with E-state index in [0.29, 0.717) is 0 Å². The third-order valence-electron chi connectivity index (χ3n) is 1.42. The van der Waals surface area contributed by atoms with Crippen LogP contribution < -0.4 is 10.9 Å². The van der Waals surface area contributed by atoms with Gasteiger partial charge in [-0.3, -0.25) is 5.43 Å². The Morgan fingerprint density at radius 2 is 2.18 bits per heavy atom. The minimum absolute atomic E-state index is 0.100. The van der Waals surface area contributed by atoms with E-state index in [-0.39, 0.29) is 6.04 Å². The zero-order chi connectivity index (χ0) is 8.53. The quantitative estimate of drug-likeness (QED) is 0.447. The van der Waals surface area contributed by atoms with Crippen molar-refractivity contribution in [3.05, 3.63) is 0 Å². The Morgan fingerprint density at radius 1 is 1.45 bits per heavy atom. The molecule has 3 heteroatoms. The van der Waals surface area contributed by atoms with Gasteiger partial charge in [0.1, 0.15) is 6.04 Å². The van der Waals surface area contributed by atoms with E-state index in [1.807, 2.05) is 6.92 Å². The van der Waals surface area contributed by atoms with Crippen molar-refractivity contribution in [1.29, 1.82) is 5.26 Å². The van der Waals surface area contributed by atoms with Gasteiger partial charge >= 0.3 is 0 Å². The molecule has 0 aromatic carbocycles. The molecule has 0 aliphatic rings. The van der Waals surface area contributed by atoms with Crippen LogP contribution in [0.25, 0.3) is 0 Å². The van der Waals surface area contributed by atoms with E-state index in [2.05, 4.69) is 23.8 Å². The Kier molecular flexibility index (Phi) is 7.11. The Morgan fingerprint density at radius 3 is 2.73 bits per heavy atom. The summed E-state index contributed by atoms with van der Waals surface area (Å²) in [5, 5.41) is 8.38. The van der Waals surface area contributed by atoms with Crippen molar-refractivity contribution < 1.29 is 0 Å². The molecule has 2 N–H and O–H groups in total. The molecule has 0 aliphatic heterocycles. The predicted octanol–water partition coefficient (Wildman–Crippen LogP) is 1.18. The third kappa shape index (κ3) is 7.31. The van der Waals surface area contributed by atoms with Crippen molar-refractivity contribution in [2.75, 3.05) is 6.54 Å². The molecule has 0 saturated heterocycles. The summed E-state index contributed by atoms with van der Waals surface area (Å²) in [5.41, 5.74) is 5.88. The van der Waals surface area contributed by atoms with Crippen molar-refractivity contribution in [1.82, 2.24) is 10.9 Å². The van der Waals surface area contributed by atoms with E-state index in [4.69, 9.17) is 5.26 Å². The maximum Gasteiger partial charge on any atom is 0.105 e. The van der Waals surface area contributed by atoms with Crippen LogP contribution in [0.1, 0.15) is 33.1 Å². The normalized spacial score (nSPS) is 12.5. The van der Waals surface area contributed by atoms with E-state index in [1.54, 1.807) is 0 Å². The van der Waals surface area contributed by atoms with E-state index < -0.39 is 0 Å². The van der Waals surface area contributed by atoms with Gasteiger partial charge in [-0.05, 0) is 13.3 Å². The van der Waals surface area contributed by atoms with Gasteiger partial charge in [0, 0.05) is 6.54 Å². The fourth-order valence-corrected chi connectivity index (χ4v) is 0.721. The predicted molar refractivity (Wildman–Crippen MR) is 45.7 cm³/mol. The summed E-state index contributed by atoms with van der Waals surface area (Å²) < 4.78 is 0. The molecule has 3 nitrogen and oxygen atoms in total.